The summed E-state index contributed by atoms with van der Waals surface area (Å²) in [5.74, 6) is -0.448. The van der Waals surface area contributed by atoms with Gasteiger partial charge in [-0.05, 0) is 12.8 Å². The molecule has 0 bridgehead atoms. The van der Waals surface area contributed by atoms with Gasteiger partial charge in [0, 0.05) is 0 Å². The molecule has 0 radical (unpaired) electrons. The van der Waals surface area contributed by atoms with Crippen molar-refractivity contribution in [3.8, 4) is 0 Å². The van der Waals surface area contributed by atoms with Crippen LogP contribution in [0.1, 0.15) is 33.1 Å². The Morgan fingerprint density at radius 3 is 2.54 bits per heavy atom. The number of hydrogen-bond acceptors (Lipinski definition) is 4. The number of esters is 1. The Balaban J connectivity index is 3.87. The van der Waals surface area contributed by atoms with Crippen LogP contribution in [0.4, 0.5) is 0 Å². The van der Waals surface area contributed by atoms with Gasteiger partial charge in [0.25, 0.3) is 6.47 Å². The lowest BCUT2D eigenvalue weighted by Crippen LogP contribution is -2.26. The monoisotopic (exact) mass is 188 g/mol. The van der Waals surface area contributed by atoms with Crippen molar-refractivity contribution in [3.63, 3.8) is 0 Å². The second-order valence-corrected chi connectivity index (χ2v) is 2.68. The van der Waals surface area contributed by atoms with E-state index in [9.17, 15) is 9.59 Å². The quantitative estimate of drug-likeness (QED) is 0.446. The van der Waals surface area contributed by atoms with Crippen molar-refractivity contribution in [2.45, 2.75) is 39.2 Å². The molecule has 76 valence electrons. The van der Waals surface area contributed by atoms with Crippen LogP contribution in [0.5, 0.6) is 0 Å². The molecule has 4 nitrogen and oxygen atoms in total. The molecule has 0 aliphatic heterocycles. The minimum Gasteiger partial charge on any atom is -0.463 e. The summed E-state index contributed by atoms with van der Waals surface area (Å²) in [6, 6.07) is 0. The van der Waals surface area contributed by atoms with Crippen LogP contribution in [0.2, 0.25) is 0 Å². The molecule has 1 unspecified atom stereocenters. The molecule has 0 saturated heterocycles. The number of rotatable bonds is 7. The van der Waals surface area contributed by atoms with Crippen LogP contribution < -0.4 is 0 Å². The second-order valence-electron chi connectivity index (χ2n) is 2.68. The Kier molecular flexibility index (Phi) is 6.96. The van der Waals surface area contributed by atoms with Crippen LogP contribution >= 0.6 is 0 Å². The maximum atomic E-state index is 11.2. The van der Waals surface area contributed by atoms with Crippen LogP contribution in [-0.2, 0) is 19.1 Å². The van der Waals surface area contributed by atoms with E-state index in [1.807, 2.05) is 13.8 Å². The second kappa shape index (κ2) is 7.58. The Labute approximate surface area is 78.2 Å². The minimum atomic E-state index is -0.728. The van der Waals surface area contributed by atoms with Crippen LogP contribution in [0, 0.1) is 0 Å². The third-order valence-corrected chi connectivity index (χ3v) is 1.48. The van der Waals surface area contributed by atoms with Crippen molar-refractivity contribution in [2.24, 2.45) is 0 Å². The van der Waals surface area contributed by atoms with Crippen molar-refractivity contribution >= 4 is 12.4 Å². The first kappa shape index (κ1) is 11.9. The molecule has 0 saturated carbocycles. The van der Waals surface area contributed by atoms with Crippen LogP contribution in [-0.4, -0.2) is 25.2 Å². The fourth-order valence-electron chi connectivity index (χ4n) is 0.866. The lowest BCUT2D eigenvalue weighted by atomic mass is 10.2. The molecule has 0 amide bonds. The zero-order chi connectivity index (χ0) is 10.1. The van der Waals surface area contributed by atoms with Gasteiger partial charge in [0.2, 0.25) is 0 Å². The average molecular weight is 188 g/mol. The highest BCUT2D eigenvalue weighted by Crippen LogP contribution is 2.03. The molecule has 1 atom stereocenters. The predicted molar refractivity (Wildman–Crippen MR) is 47.1 cm³/mol. The Morgan fingerprint density at radius 1 is 1.38 bits per heavy atom. The molecule has 0 aliphatic carbocycles. The molecular weight excluding hydrogens is 172 g/mol. The van der Waals surface area contributed by atoms with E-state index < -0.39 is 12.1 Å². The van der Waals surface area contributed by atoms with Crippen LogP contribution in [0.3, 0.4) is 0 Å². The van der Waals surface area contributed by atoms with E-state index >= 15 is 0 Å². The average Bonchev–Trinajstić information content (AvgIpc) is 2.14. The van der Waals surface area contributed by atoms with E-state index in [-0.39, 0.29) is 6.47 Å². The lowest BCUT2D eigenvalue weighted by molar-refractivity contribution is -0.162. The molecule has 0 aliphatic rings. The first-order valence-corrected chi connectivity index (χ1v) is 4.52. The zero-order valence-corrected chi connectivity index (χ0v) is 8.12. The molecule has 0 heterocycles. The van der Waals surface area contributed by atoms with E-state index in [1.165, 1.54) is 0 Å². The first-order chi connectivity index (χ1) is 6.26. The highest BCUT2D eigenvalue weighted by atomic mass is 16.6. The number of hydrogen-bond donors (Lipinski definition) is 0. The van der Waals surface area contributed by atoms with Gasteiger partial charge in [-0.15, -0.1) is 0 Å². The Bertz CT molecular complexity index is 156. The van der Waals surface area contributed by atoms with Gasteiger partial charge >= 0.3 is 5.97 Å². The number of carbonyl (C=O) groups is 2. The summed E-state index contributed by atoms with van der Waals surface area (Å²) in [4.78, 5) is 21.2. The molecule has 0 aromatic heterocycles. The van der Waals surface area contributed by atoms with Gasteiger partial charge in [0.1, 0.15) is 0 Å². The van der Waals surface area contributed by atoms with E-state index in [2.05, 4.69) is 4.74 Å². The van der Waals surface area contributed by atoms with Gasteiger partial charge < -0.3 is 9.47 Å². The Morgan fingerprint density at radius 2 is 2.08 bits per heavy atom. The van der Waals surface area contributed by atoms with Crippen LogP contribution in [0.15, 0.2) is 0 Å². The molecule has 0 fully saturated rings. The number of ether oxygens (including phenoxy) is 2. The van der Waals surface area contributed by atoms with Gasteiger partial charge in [-0.1, -0.05) is 20.3 Å². The highest BCUT2D eigenvalue weighted by molar-refractivity contribution is 5.75. The summed E-state index contributed by atoms with van der Waals surface area (Å²) in [6.45, 7) is 4.48. The van der Waals surface area contributed by atoms with E-state index in [4.69, 9.17) is 4.74 Å². The summed E-state index contributed by atoms with van der Waals surface area (Å²) in [7, 11) is 0. The molecule has 13 heavy (non-hydrogen) atoms. The summed E-state index contributed by atoms with van der Waals surface area (Å²) in [5.41, 5.74) is 0. The summed E-state index contributed by atoms with van der Waals surface area (Å²) < 4.78 is 9.42. The van der Waals surface area contributed by atoms with E-state index in [0.717, 1.165) is 12.8 Å². The zero-order valence-electron chi connectivity index (χ0n) is 8.12. The van der Waals surface area contributed by atoms with Gasteiger partial charge in [0.15, 0.2) is 6.10 Å². The normalized spacial score (nSPS) is 11.8. The third kappa shape index (κ3) is 5.22. The predicted octanol–water partition coefficient (Wildman–Crippen LogP) is 1.28. The van der Waals surface area contributed by atoms with Gasteiger partial charge in [-0.2, -0.15) is 0 Å². The van der Waals surface area contributed by atoms with Gasteiger partial charge in [0.05, 0.1) is 6.61 Å². The smallest absolute Gasteiger partial charge is 0.347 e. The molecule has 4 heteroatoms. The van der Waals surface area contributed by atoms with E-state index in [1.54, 1.807) is 0 Å². The van der Waals surface area contributed by atoms with Crippen molar-refractivity contribution in [1.82, 2.24) is 0 Å². The maximum Gasteiger partial charge on any atom is 0.347 e. The van der Waals surface area contributed by atoms with Crippen molar-refractivity contribution in [2.75, 3.05) is 6.61 Å². The summed E-state index contributed by atoms with van der Waals surface area (Å²) in [6.07, 6.45) is 1.33. The summed E-state index contributed by atoms with van der Waals surface area (Å²) in [5, 5.41) is 0. The Hall–Kier alpha value is -1.06. The third-order valence-electron chi connectivity index (χ3n) is 1.48. The molecule has 0 rings (SSSR count). The van der Waals surface area contributed by atoms with Gasteiger partial charge in [-0.25, -0.2) is 4.79 Å². The van der Waals surface area contributed by atoms with Crippen molar-refractivity contribution < 1.29 is 19.1 Å². The highest BCUT2D eigenvalue weighted by Gasteiger charge is 2.19. The van der Waals surface area contributed by atoms with E-state index in [0.29, 0.717) is 13.0 Å². The minimum absolute atomic E-state index is 0.285. The number of carbonyl (C=O) groups excluding carboxylic acids is 2. The molecule has 0 N–H and O–H groups in total. The largest absolute Gasteiger partial charge is 0.463 e. The molecule has 0 spiro atoms. The first-order valence-electron chi connectivity index (χ1n) is 4.52. The summed E-state index contributed by atoms with van der Waals surface area (Å²) >= 11 is 0. The molecule has 0 aromatic carbocycles. The lowest BCUT2D eigenvalue weighted by Gasteiger charge is -2.12. The fourth-order valence-corrected chi connectivity index (χ4v) is 0.866. The van der Waals surface area contributed by atoms with Crippen molar-refractivity contribution in [1.29, 1.82) is 0 Å². The molecular formula is C9H16O4. The SMILES string of the molecule is CCCOC(=O)C(CCC)OC=O. The molecule has 0 aromatic rings. The van der Waals surface area contributed by atoms with Crippen LogP contribution in [0.25, 0.3) is 0 Å². The van der Waals surface area contributed by atoms with Gasteiger partial charge in [-0.3, -0.25) is 4.79 Å². The topological polar surface area (TPSA) is 52.6 Å². The van der Waals surface area contributed by atoms with Crippen molar-refractivity contribution in [3.05, 3.63) is 0 Å². The standard InChI is InChI=1S/C9H16O4/c1-3-5-8(13-7-10)9(11)12-6-4-2/h7-8H,3-6H2,1-2H3. The maximum absolute atomic E-state index is 11.2. The fraction of sp³-hybridized carbons (Fsp3) is 0.778.